The van der Waals surface area contributed by atoms with E-state index in [0.717, 1.165) is 29.0 Å². The summed E-state index contributed by atoms with van der Waals surface area (Å²) in [4.78, 5) is 29.1. The van der Waals surface area contributed by atoms with Gasteiger partial charge < -0.3 is 19.3 Å². The summed E-state index contributed by atoms with van der Waals surface area (Å²) in [6.07, 6.45) is 3.08. The normalized spacial score (nSPS) is 14.0. The lowest BCUT2D eigenvalue weighted by molar-refractivity contribution is -0.133. The van der Waals surface area contributed by atoms with Gasteiger partial charge in [0.25, 0.3) is 0 Å². The third-order valence-electron chi connectivity index (χ3n) is 5.92. The maximum Gasteiger partial charge on any atom is 0.222 e. The van der Waals surface area contributed by atoms with Crippen LogP contribution >= 0.6 is 11.6 Å². The monoisotopic (exact) mass is 472 g/mol. The van der Waals surface area contributed by atoms with Gasteiger partial charge in [-0.1, -0.05) is 23.7 Å². The Morgan fingerprint density at radius 1 is 0.909 bits per heavy atom. The standard InChI is InChI=1S/C26H33ClN2O4/c1-20-19-23(11-12-24(20)27)33-18-3-5-25(30)28-14-4-15-29(17-16-28)26(31)13-8-21-6-9-22(32-2)10-7-21/h6-7,9-12,19H,3-5,8,13-18H2,1-2H3. The molecule has 0 radical (unpaired) electrons. The smallest absolute Gasteiger partial charge is 0.222 e. The van der Waals surface area contributed by atoms with Crippen LogP contribution in [0.5, 0.6) is 11.5 Å². The maximum absolute atomic E-state index is 12.7. The Morgan fingerprint density at radius 3 is 2.18 bits per heavy atom. The van der Waals surface area contributed by atoms with Crippen LogP contribution < -0.4 is 9.47 Å². The Balaban J connectivity index is 1.36. The number of halogens is 1. The Morgan fingerprint density at radius 2 is 1.55 bits per heavy atom. The molecule has 33 heavy (non-hydrogen) atoms. The number of aryl methyl sites for hydroxylation is 2. The Kier molecular flexibility index (Phi) is 9.43. The summed E-state index contributed by atoms with van der Waals surface area (Å²) in [5, 5.41) is 0.715. The first kappa shape index (κ1) is 24.9. The van der Waals surface area contributed by atoms with Gasteiger partial charge in [-0.2, -0.15) is 0 Å². The molecule has 1 heterocycles. The average Bonchev–Trinajstić information content (AvgIpc) is 3.09. The molecule has 0 saturated carbocycles. The summed E-state index contributed by atoms with van der Waals surface area (Å²) in [6.45, 7) is 4.99. The highest BCUT2D eigenvalue weighted by Gasteiger charge is 2.21. The Hall–Kier alpha value is -2.73. The zero-order valence-corrected chi connectivity index (χ0v) is 20.3. The number of carbonyl (C=O) groups excluding carboxylic acids is 2. The van der Waals surface area contributed by atoms with Crippen LogP contribution in [0.25, 0.3) is 0 Å². The van der Waals surface area contributed by atoms with Crippen LogP contribution in [0.4, 0.5) is 0 Å². The lowest BCUT2D eigenvalue weighted by Crippen LogP contribution is -2.37. The van der Waals surface area contributed by atoms with Gasteiger partial charge in [-0.05, 0) is 67.6 Å². The van der Waals surface area contributed by atoms with Crippen LogP contribution in [0.3, 0.4) is 0 Å². The maximum atomic E-state index is 12.7. The molecule has 1 aliphatic rings. The number of ether oxygens (including phenoxy) is 2. The number of carbonyl (C=O) groups is 2. The predicted molar refractivity (Wildman–Crippen MR) is 130 cm³/mol. The third-order valence-corrected chi connectivity index (χ3v) is 6.35. The number of amides is 2. The Labute approximate surface area is 201 Å². The van der Waals surface area contributed by atoms with E-state index in [4.69, 9.17) is 21.1 Å². The van der Waals surface area contributed by atoms with Crippen LogP contribution in [0.15, 0.2) is 42.5 Å². The molecule has 1 fully saturated rings. The highest BCUT2D eigenvalue weighted by atomic mass is 35.5. The fourth-order valence-corrected chi connectivity index (χ4v) is 4.01. The van der Waals surface area contributed by atoms with E-state index in [1.165, 1.54) is 0 Å². The van der Waals surface area contributed by atoms with Gasteiger partial charge in [-0.25, -0.2) is 0 Å². The summed E-state index contributed by atoms with van der Waals surface area (Å²) >= 11 is 6.03. The van der Waals surface area contributed by atoms with Crippen molar-refractivity contribution in [1.82, 2.24) is 9.80 Å². The molecule has 0 bridgehead atoms. The Bertz CT molecular complexity index is 932. The first-order valence-corrected chi connectivity index (χ1v) is 11.9. The fraction of sp³-hybridized carbons (Fsp3) is 0.462. The quantitative estimate of drug-likeness (QED) is 0.504. The summed E-state index contributed by atoms with van der Waals surface area (Å²) in [7, 11) is 1.64. The van der Waals surface area contributed by atoms with Crippen molar-refractivity contribution < 1.29 is 19.1 Å². The van der Waals surface area contributed by atoms with Crippen molar-refractivity contribution in [2.75, 3.05) is 39.9 Å². The van der Waals surface area contributed by atoms with Crippen LogP contribution in [0, 0.1) is 6.92 Å². The molecule has 0 N–H and O–H groups in total. The minimum absolute atomic E-state index is 0.124. The molecule has 0 aromatic heterocycles. The van der Waals surface area contributed by atoms with E-state index in [1.807, 2.05) is 59.2 Å². The van der Waals surface area contributed by atoms with E-state index in [2.05, 4.69) is 0 Å². The largest absolute Gasteiger partial charge is 0.497 e. The van der Waals surface area contributed by atoms with E-state index in [1.54, 1.807) is 7.11 Å². The molecule has 3 rings (SSSR count). The molecule has 1 aliphatic heterocycles. The molecule has 2 aromatic rings. The van der Waals surface area contributed by atoms with Crippen LogP contribution in [0.2, 0.25) is 5.02 Å². The van der Waals surface area contributed by atoms with Crippen molar-refractivity contribution >= 4 is 23.4 Å². The first-order valence-electron chi connectivity index (χ1n) is 11.5. The second kappa shape index (κ2) is 12.5. The van der Waals surface area contributed by atoms with Gasteiger partial charge >= 0.3 is 0 Å². The van der Waals surface area contributed by atoms with Gasteiger partial charge in [0.2, 0.25) is 11.8 Å². The van der Waals surface area contributed by atoms with E-state index in [9.17, 15) is 9.59 Å². The lowest BCUT2D eigenvalue weighted by atomic mass is 10.1. The van der Waals surface area contributed by atoms with Gasteiger partial charge in [-0.15, -0.1) is 0 Å². The molecule has 1 saturated heterocycles. The number of hydrogen-bond donors (Lipinski definition) is 0. The summed E-state index contributed by atoms with van der Waals surface area (Å²) in [5.41, 5.74) is 2.09. The molecule has 0 atom stereocenters. The zero-order chi connectivity index (χ0) is 23.6. The molecule has 0 spiro atoms. The van der Waals surface area contributed by atoms with Crippen molar-refractivity contribution in [3.05, 3.63) is 58.6 Å². The second-order valence-corrected chi connectivity index (χ2v) is 8.73. The topological polar surface area (TPSA) is 59.1 Å². The third kappa shape index (κ3) is 7.67. The number of benzene rings is 2. The summed E-state index contributed by atoms with van der Waals surface area (Å²) in [5.74, 6) is 1.85. The molecule has 2 aromatic carbocycles. The second-order valence-electron chi connectivity index (χ2n) is 8.33. The zero-order valence-electron chi connectivity index (χ0n) is 19.5. The summed E-state index contributed by atoms with van der Waals surface area (Å²) in [6, 6.07) is 13.4. The van der Waals surface area contributed by atoms with Crippen molar-refractivity contribution in [3.63, 3.8) is 0 Å². The van der Waals surface area contributed by atoms with Gasteiger partial charge in [0.15, 0.2) is 0 Å². The molecule has 0 aliphatic carbocycles. The fourth-order valence-electron chi connectivity index (χ4n) is 3.90. The predicted octanol–water partition coefficient (Wildman–Crippen LogP) is 4.51. The minimum Gasteiger partial charge on any atom is -0.497 e. The SMILES string of the molecule is COc1ccc(CCC(=O)N2CCCN(C(=O)CCCOc3ccc(Cl)c(C)c3)CC2)cc1. The van der Waals surface area contributed by atoms with Crippen molar-refractivity contribution in [1.29, 1.82) is 0 Å². The average molecular weight is 473 g/mol. The van der Waals surface area contributed by atoms with Crippen LogP contribution in [-0.2, 0) is 16.0 Å². The van der Waals surface area contributed by atoms with E-state index >= 15 is 0 Å². The van der Waals surface area contributed by atoms with Crippen molar-refractivity contribution in [2.45, 2.75) is 39.0 Å². The summed E-state index contributed by atoms with van der Waals surface area (Å²) < 4.78 is 10.9. The first-order chi connectivity index (χ1) is 16.0. The van der Waals surface area contributed by atoms with E-state index in [-0.39, 0.29) is 11.8 Å². The minimum atomic E-state index is 0.124. The molecule has 6 nitrogen and oxygen atoms in total. The molecule has 2 amide bonds. The number of hydrogen-bond acceptors (Lipinski definition) is 4. The van der Waals surface area contributed by atoms with Gasteiger partial charge in [0, 0.05) is 44.0 Å². The highest BCUT2D eigenvalue weighted by molar-refractivity contribution is 6.31. The van der Waals surface area contributed by atoms with Gasteiger partial charge in [0.1, 0.15) is 11.5 Å². The van der Waals surface area contributed by atoms with Gasteiger partial charge in [0.05, 0.1) is 13.7 Å². The number of nitrogens with zero attached hydrogens (tertiary/aromatic N) is 2. The molecule has 178 valence electrons. The lowest BCUT2D eigenvalue weighted by Gasteiger charge is -2.22. The molecule has 7 heteroatoms. The van der Waals surface area contributed by atoms with Crippen molar-refractivity contribution in [2.24, 2.45) is 0 Å². The van der Waals surface area contributed by atoms with Crippen LogP contribution in [-0.4, -0.2) is 61.5 Å². The molecule has 0 unspecified atom stereocenters. The van der Waals surface area contributed by atoms with Gasteiger partial charge in [-0.3, -0.25) is 9.59 Å². The molecular formula is C26H33ClN2O4. The van der Waals surface area contributed by atoms with Crippen molar-refractivity contribution in [3.8, 4) is 11.5 Å². The van der Waals surface area contributed by atoms with E-state index < -0.39 is 0 Å². The van der Waals surface area contributed by atoms with E-state index in [0.29, 0.717) is 63.5 Å². The molecular weight excluding hydrogens is 440 g/mol. The number of methoxy groups -OCH3 is 1. The highest BCUT2D eigenvalue weighted by Crippen LogP contribution is 2.21. The van der Waals surface area contributed by atoms with Crippen LogP contribution in [0.1, 0.15) is 36.8 Å². The number of rotatable bonds is 9.